The Morgan fingerprint density at radius 1 is 1.35 bits per heavy atom. The molecule has 1 atom stereocenters. The Balaban J connectivity index is 1.75. The zero-order valence-corrected chi connectivity index (χ0v) is 15.9. The van der Waals surface area contributed by atoms with Crippen molar-refractivity contribution in [3.63, 3.8) is 0 Å². The summed E-state index contributed by atoms with van der Waals surface area (Å²) in [4.78, 5) is 14.0. The lowest BCUT2D eigenvalue weighted by Crippen LogP contribution is -2.44. The lowest BCUT2D eigenvalue weighted by Gasteiger charge is -2.34. The molecule has 0 bridgehead atoms. The number of carbonyl (C=O) groups is 1. The predicted octanol–water partition coefficient (Wildman–Crippen LogP) is 4.19. The second-order valence-corrected chi connectivity index (χ2v) is 8.11. The van der Waals surface area contributed by atoms with Crippen molar-refractivity contribution < 1.29 is 9.53 Å². The van der Waals surface area contributed by atoms with Gasteiger partial charge in [0.1, 0.15) is 5.60 Å². The molecule has 1 aliphatic heterocycles. The van der Waals surface area contributed by atoms with Crippen LogP contribution in [0.25, 0.3) is 0 Å². The summed E-state index contributed by atoms with van der Waals surface area (Å²) in [6, 6.07) is 8.35. The second-order valence-electron chi connectivity index (χ2n) is 7.19. The first-order valence-corrected chi connectivity index (χ1v) is 9.06. The Hall–Kier alpha value is -1.07. The van der Waals surface area contributed by atoms with Gasteiger partial charge in [0.2, 0.25) is 0 Å². The van der Waals surface area contributed by atoms with E-state index in [4.69, 9.17) is 4.74 Å². The van der Waals surface area contributed by atoms with E-state index in [1.165, 1.54) is 5.56 Å². The molecule has 0 saturated carbocycles. The maximum absolute atomic E-state index is 12.2. The highest BCUT2D eigenvalue weighted by atomic mass is 79.9. The van der Waals surface area contributed by atoms with Crippen molar-refractivity contribution >= 4 is 22.0 Å². The number of nitrogens with one attached hydrogen (secondary N) is 1. The third-order valence-electron chi connectivity index (χ3n) is 3.85. The van der Waals surface area contributed by atoms with Gasteiger partial charge in [0.05, 0.1) is 0 Å². The summed E-state index contributed by atoms with van der Waals surface area (Å²) in [7, 11) is 0. The smallest absolute Gasteiger partial charge is 0.410 e. The average Bonchev–Trinajstić information content (AvgIpc) is 2.48. The Morgan fingerprint density at radius 3 is 2.70 bits per heavy atom. The van der Waals surface area contributed by atoms with Gasteiger partial charge < -0.3 is 15.0 Å². The van der Waals surface area contributed by atoms with Crippen LogP contribution in [0.2, 0.25) is 0 Å². The van der Waals surface area contributed by atoms with Gasteiger partial charge in [0.25, 0.3) is 0 Å². The third kappa shape index (κ3) is 6.51. The van der Waals surface area contributed by atoms with Crippen molar-refractivity contribution in [2.75, 3.05) is 19.6 Å². The van der Waals surface area contributed by atoms with E-state index >= 15 is 0 Å². The van der Waals surface area contributed by atoms with E-state index in [1.54, 1.807) is 0 Å². The van der Waals surface area contributed by atoms with Gasteiger partial charge in [-0.1, -0.05) is 28.1 Å². The molecule has 0 radical (unpaired) electrons. The van der Waals surface area contributed by atoms with Gasteiger partial charge >= 0.3 is 6.09 Å². The van der Waals surface area contributed by atoms with E-state index in [0.717, 1.165) is 43.5 Å². The van der Waals surface area contributed by atoms with Gasteiger partial charge in [-0.05, 0) is 63.8 Å². The Bertz CT molecular complexity index is 511. The van der Waals surface area contributed by atoms with Gasteiger partial charge in [-0.25, -0.2) is 4.79 Å². The molecule has 1 aromatic rings. The molecule has 0 aliphatic carbocycles. The monoisotopic (exact) mass is 382 g/mol. The fraction of sp³-hybridized carbons (Fsp3) is 0.611. The SMILES string of the molecule is CC(C)(C)OC(=O)N1CCC[C@H](CNCc2ccc(Br)cc2)C1. The first-order chi connectivity index (χ1) is 10.8. The van der Waals surface area contributed by atoms with Gasteiger partial charge in [0.15, 0.2) is 0 Å². The molecule has 1 saturated heterocycles. The maximum atomic E-state index is 12.2. The number of ether oxygens (including phenoxy) is 1. The minimum atomic E-state index is -0.427. The largest absolute Gasteiger partial charge is 0.444 e. The minimum Gasteiger partial charge on any atom is -0.444 e. The number of amides is 1. The number of hydrogen-bond donors (Lipinski definition) is 1. The molecule has 23 heavy (non-hydrogen) atoms. The van der Waals surface area contributed by atoms with Crippen molar-refractivity contribution in [1.29, 1.82) is 0 Å². The number of nitrogens with zero attached hydrogens (tertiary/aromatic N) is 1. The molecule has 1 aliphatic rings. The highest BCUT2D eigenvalue weighted by molar-refractivity contribution is 9.10. The van der Waals surface area contributed by atoms with Crippen LogP contribution in [0.3, 0.4) is 0 Å². The van der Waals surface area contributed by atoms with Gasteiger partial charge in [0, 0.05) is 24.1 Å². The number of hydrogen-bond acceptors (Lipinski definition) is 3. The van der Waals surface area contributed by atoms with Crippen LogP contribution < -0.4 is 5.32 Å². The molecule has 128 valence electrons. The lowest BCUT2D eigenvalue weighted by molar-refractivity contribution is 0.0166. The molecule has 0 spiro atoms. The first kappa shape index (κ1) is 18.3. The lowest BCUT2D eigenvalue weighted by atomic mass is 9.98. The summed E-state index contributed by atoms with van der Waals surface area (Å²) in [6.07, 6.45) is 2.02. The number of likely N-dealkylation sites (tertiary alicyclic amines) is 1. The average molecular weight is 383 g/mol. The van der Waals surface area contributed by atoms with Crippen LogP contribution in [0.1, 0.15) is 39.2 Å². The van der Waals surface area contributed by atoms with Crippen LogP contribution in [0.4, 0.5) is 4.79 Å². The molecular weight excluding hydrogens is 356 g/mol. The molecule has 1 amide bonds. The zero-order valence-electron chi connectivity index (χ0n) is 14.3. The highest BCUT2D eigenvalue weighted by Gasteiger charge is 2.27. The summed E-state index contributed by atoms with van der Waals surface area (Å²) >= 11 is 3.45. The van der Waals surface area contributed by atoms with E-state index in [0.29, 0.717) is 5.92 Å². The molecule has 0 unspecified atom stereocenters. The molecule has 1 N–H and O–H groups in total. The summed E-state index contributed by atoms with van der Waals surface area (Å²) in [5.74, 6) is 0.492. The molecular formula is C18H27BrN2O2. The number of benzene rings is 1. The second kappa shape index (κ2) is 8.15. The summed E-state index contributed by atoms with van der Waals surface area (Å²) in [6.45, 7) is 9.09. The maximum Gasteiger partial charge on any atom is 0.410 e. The molecule has 5 heteroatoms. The fourth-order valence-electron chi connectivity index (χ4n) is 2.75. The predicted molar refractivity (Wildman–Crippen MR) is 96.4 cm³/mol. The van der Waals surface area contributed by atoms with E-state index in [9.17, 15) is 4.79 Å². The van der Waals surface area contributed by atoms with Crippen LogP contribution in [0, 0.1) is 5.92 Å². The minimum absolute atomic E-state index is 0.185. The van der Waals surface area contributed by atoms with Gasteiger partial charge in [-0.15, -0.1) is 0 Å². The first-order valence-electron chi connectivity index (χ1n) is 8.26. The molecule has 0 aromatic heterocycles. The molecule has 1 fully saturated rings. The van der Waals surface area contributed by atoms with Crippen molar-refractivity contribution in [3.8, 4) is 0 Å². The topological polar surface area (TPSA) is 41.6 Å². The van der Waals surface area contributed by atoms with Gasteiger partial charge in [-0.2, -0.15) is 0 Å². The summed E-state index contributed by atoms with van der Waals surface area (Å²) < 4.78 is 6.57. The Morgan fingerprint density at radius 2 is 2.04 bits per heavy atom. The van der Waals surface area contributed by atoms with E-state index in [-0.39, 0.29) is 6.09 Å². The van der Waals surface area contributed by atoms with E-state index in [2.05, 4.69) is 45.5 Å². The summed E-state index contributed by atoms with van der Waals surface area (Å²) in [5.41, 5.74) is 0.845. The standard InChI is InChI=1S/C18H27BrN2O2/c1-18(2,3)23-17(22)21-10-4-5-15(13-21)12-20-11-14-6-8-16(19)9-7-14/h6-9,15,20H,4-5,10-13H2,1-3H3/t15-/m1/s1. The molecule has 4 nitrogen and oxygen atoms in total. The van der Waals surface area contributed by atoms with Crippen molar-refractivity contribution in [1.82, 2.24) is 10.2 Å². The number of piperidine rings is 1. The fourth-order valence-corrected chi connectivity index (χ4v) is 3.01. The van der Waals surface area contributed by atoms with Crippen LogP contribution in [0.5, 0.6) is 0 Å². The van der Waals surface area contributed by atoms with Gasteiger partial charge in [-0.3, -0.25) is 0 Å². The van der Waals surface area contributed by atoms with Crippen molar-refractivity contribution in [3.05, 3.63) is 34.3 Å². The number of halogens is 1. The quantitative estimate of drug-likeness (QED) is 0.848. The zero-order chi connectivity index (χ0) is 16.9. The number of rotatable bonds is 4. The Kier molecular flexibility index (Phi) is 6.48. The van der Waals surface area contributed by atoms with Crippen molar-refractivity contribution in [2.24, 2.45) is 5.92 Å². The molecule has 1 heterocycles. The summed E-state index contributed by atoms with van der Waals surface area (Å²) in [5, 5.41) is 3.50. The highest BCUT2D eigenvalue weighted by Crippen LogP contribution is 2.19. The van der Waals surface area contributed by atoms with Crippen molar-refractivity contribution in [2.45, 2.75) is 45.8 Å². The van der Waals surface area contributed by atoms with Crippen LogP contribution >= 0.6 is 15.9 Å². The normalized spacial score (nSPS) is 18.8. The van der Waals surface area contributed by atoms with E-state index < -0.39 is 5.60 Å². The number of carbonyl (C=O) groups excluding carboxylic acids is 1. The molecule has 1 aromatic carbocycles. The van der Waals surface area contributed by atoms with Crippen LogP contribution in [-0.4, -0.2) is 36.2 Å². The van der Waals surface area contributed by atoms with E-state index in [1.807, 2.05) is 25.7 Å². The molecule has 2 rings (SSSR count). The third-order valence-corrected chi connectivity index (χ3v) is 4.37. The Labute approximate surface area is 147 Å². The van der Waals surface area contributed by atoms with Crippen LogP contribution in [0.15, 0.2) is 28.7 Å². The van der Waals surface area contributed by atoms with Crippen LogP contribution in [-0.2, 0) is 11.3 Å².